The largest absolute Gasteiger partial charge is 0.492 e. The second kappa shape index (κ2) is 13.5. The number of carbonyl (C=O) groups is 1. The molecular formula is C21H31Cl2N3O4. The Kier molecular flexibility index (Phi) is 11.8. The first-order chi connectivity index (χ1) is 13.7. The van der Waals surface area contributed by atoms with Crippen molar-refractivity contribution in [1.82, 2.24) is 10.2 Å². The molecule has 1 aromatic carbocycles. The Bertz CT molecular complexity index is 766. The van der Waals surface area contributed by atoms with Crippen molar-refractivity contribution in [2.45, 2.75) is 32.0 Å². The van der Waals surface area contributed by atoms with Crippen LogP contribution in [0.15, 0.2) is 41.0 Å². The maximum Gasteiger partial charge on any atom is 0.254 e. The predicted octanol–water partition coefficient (Wildman–Crippen LogP) is 3.00. The maximum atomic E-state index is 12.2. The van der Waals surface area contributed by atoms with Crippen LogP contribution in [-0.4, -0.2) is 50.3 Å². The van der Waals surface area contributed by atoms with Crippen LogP contribution in [-0.2, 0) is 17.8 Å². The average molecular weight is 460 g/mol. The van der Waals surface area contributed by atoms with Gasteiger partial charge in [0.2, 0.25) is 0 Å². The molecule has 2 heterocycles. The van der Waals surface area contributed by atoms with E-state index in [1.807, 2.05) is 24.3 Å². The van der Waals surface area contributed by atoms with E-state index in [2.05, 4.69) is 17.3 Å². The first-order valence-corrected chi connectivity index (χ1v) is 9.71. The van der Waals surface area contributed by atoms with Crippen molar-refractivity contribution in [3.05, 3.63) is 53.5 Å². The summed E-state index contributed by atoms with van der Waals surface area (Å²) in [5.41, 5.74) is 6.95. The van der Waals surface area contributed by atoms with Gasteiger partial charge in [0.1, 0.15) is 24.4 Å². The van der Waals surface area contributed by atoms with Crippen LogP contribution in [0, 0.1) is 0 Å². The minimum absolute atomic E-state index is 0. The molecule has 1 aliphatic rings. The molecule has 3 rings (SSSR count). The summed E-state index contributed by atoms with van der Waals surface area (Å²) in [4.78, 5) is 14.5. The molecule has 0 unspecified atom stereocenters. The summed E-state index contributed by atoms with van der Waals surface area (Å²) in [6.45, 7) is 3.87. The van der Waals surface area contributed by atoms with Crippen LogP contribution in [0.1, 0.15) is 34.5 Å². The van der Waals surface area contributed by atoms with Gasteiger partial charge in [0, 0.05) is 32.3 Å². The minimum Gasteiger partial charge on any atom is -0.492 e. The third kappa shape index (κ3) is 7.81. The number of likely N-dealkylation sites (N-methyl/N-ethyl adjacent to an activating group) is 1. The fraction of sp³-hybridized carbons (Fsp3) is 0.476. The number of hydrogen-bond acceptors (Lipinski definition) is 6. The van der Waals surface area contributed by atoms with Gasteiger partial charge in [0.15, 0.2) is 0 Å². The van der Waals surface area contributed by atoms with Crippen LogP contribution in [0.2, 0.25) is 0 Å². The lowest BCUT2D eigenvalue weighted by molar-refractivity contribution is 0.0392. The summed E-state index contributed by atoms with van der Waals surface area (Å²) in [7, 11) is 2.14. The Morgan fingerprint density at radius 3 is 2.73 bits per heavy atom. The van der Waals surface area contributed by atoms with Gasteiger partial charge >= 0.3 is 0 Å². The number of hydrogen-bond donors (Lipinski definition) is 2. The Labute approximate surface area is 190 Å². The summed E-state index contributed by atoms with van der Waals surface area (Å²) in [6.07, 6.45) is 3.58. The quantitative estimate of drug-likeness (QED) is 0.598. The van der Waals surface area contributed by atoms with Crippen molar-refractivity contribution < 1.29 is 18.7 Å². The molecule has 0 spiro atoms. The van der Waals surface area contributed by atoms with Crippen LogP contribution >= 0.6 is 24.8 Å². The Morgan fingerprint density at radius 1 is 1.27 bits per heavy atom. The predicted molar refractivity (Wildman–Crippen MR) is 121 cm³/mol. The lowest BCUT2D eigenvalue weighted by Gasteiger charge is -2.31. The first-order valence-electron chi connectivity index (χ1n) is 9.71. The number of amides is 1. The second-order valence-corrected chi connectivity index (χ2v) is 7.01. The highest BCUT2D eigenvalue weighted by atomic mass is 35.5. The smallest absolute Gasteiger partial charge is 0.254 e. The van der Waals surface area contributed by atoms with E-state index in [0.29, 0.717) is 30.5 Å². The highest BCUT2D eigenvalue weighted by Gasteiger charge is 2.18. The highest BCUT2D eigenvalue weighted by molar-refractivity contribution is 5.93. The van der Waals surface area contributed by atoms with Gasteiger partial charge in [-0.15, -0.1) is 24.8 Å². The number of furan rings is 1. The van der Waals surface area contributed by atoms with E-state index < -0.39 is 0 Å². The molecule has 9 heteroatoms. The fourth-order valence-electron chi connectivity index (χ4n) is 3.25. The number of halogens is 2. The standard InChI is InChI=1S/C21H29N3O4.2ClH/c1-24(18-5-8-26-9-6-18)7-10-27-19-4-2-3-16(11-19)14-23-21(25)17-12-20(13-22)28-15-17;;/h2-4,11-12,15,18H,5-10,13-14,22H2,1H3,(H,23,25);2*1H. The number of carbonyl (C=O) groups excluding carboxylic acids is 1. The number of benzene rings is 1. The highest BCUT2D eigenvalue weighted by Crippen LogP contribution is 2.15. The Balaban J connectivity index is 0.00000225. The van der Waals surface area contributed by atoms with E-state index in [-0.39, 0.29) is 37.3 Å². The summed E-state index contributed by atoms with van der Waals surface area (Å²) in [6, 6.07) is 10.0. The maximum absolute atomic E-state index is 12.2. The van der Waals surface area contributed by atoms with Crippen molar-refractivity contribution in [2.75, 3.05) is 33.4 Å². The van der Waals surface area contributed by atoms with E-state index in [9.17, 15) is 4.79 Å². The minimum atomic E-state index is -0.187. The van der Waals surface area contributed by atoms with E-state index in [1.54, 1.807) is 6.07 Å². The Morgan fingerprint density at radius 2 is 2.03 bits per heavy atom. The molecule has 0 saturated carbocycles. The molecule has 0 radical (unpaired) electrons. The van der Waals surface area contributed by atoms with Crippen LogP contribution < -0.4 is 15.8 Å². The van der Waals surface area contributed by atoms with Crippen LogP contribution in [0.4, 0.5) is 0 Å². The molecule has 0 atom stereocenters. The van der Waals surface area contributed by atoms with Crippen molar-refractivity contribution in [2.24, 2.45) is 5.73 Å². The third-order valence-corrected chi connectivity index (χ3v) is 5.00. The van der Waals surface area contributed by atoms with Crippen LogP contribution in [0.3, 0.4) is 0 Å². The molecule has 168 valence electrons. The first kappa shape index (κ1) is 26.3. The van der Waals surface area contributed by atoms with Crippen molar-refractivity contribution in [3.8, 4) is 5.75 Å². The molecule has 7 nitrogen and oxygen atoms in total. The Hall–Kier alpha value is -1.77. The number of nitrogens with zero attached hydrogens (tertiary/aromatic N) is 1. The van der Waals surface area contributed by atoms with E-state index in [4.69, 9.17) is 19.6 Å². The molecule has 1 fully saturated rings. The van der Waals surface area contributed by atoms with Gasteiger partial charge < -0.3 is 24.9 Å². The van der Waals surface area contributed by atoms with Gasteiger partial charge in [0.05, 0.1) is 12.1 Å². The van der Waals surface area contributed by atoms with Gasteiger partial charge in [-0.1, -0.05) is 12.1 Å². The molecule has 1 aromatic heterocycles. The normalized spacial score (nSPS) is 14.0. The number of rotatable bonds is 9. The SMILES string of the molecule is CN(CCOc1cccc(CNC(=O)c2coc(CN)c2)c1)C1CCOCC1.Cl.Cl. The van der Waals surface area contributed by atoms with Gasteiger partial charge in [-0.2, -0.15) is 0 Å². The van der Waals surface area contributed by atoms with Gasteiger partial charge in [-0.25, -0.2) is 0 Å². The summed E-state index contributed by atoms with van der Waals surface area (Å²) in [5, 5.41) is 2.88. The summed E-state index contributed by atoms with van der Waals surface area (Å²) >= 11 is 0. The molecule has 0 aliphatic carbocycles. The number of nitrogens with two attached hydrogens (primary N) is 1. The van der Waals surface area contributed by atoms with Crippen LogP contribution in [0.25, 0.3) is 0 Å². The molecule has 3 N–H and O–H groups in total. The van der Waals surface area contributed by atoms with E-state index in [1.165, 1.54) is 6.26 Å². The van der Waals surface area contributed by atoms with Gasteiger partial charge in [0.25, 0.3) is 5.91 Å². The van der Waals surface area contributed by atoms with E-state index >= 15 is 0 Å². The fourth-order valence-corrected chi connectivity index (χ4v) is 3.25. The zero-order valence-electron chi connectivity index (χ0n) is 17.2. The van der Waals surface area contributed by atoms with Crippen LogP contribution in [0.5, 0.6) is 5.75 Å². The topological polar surface area (TPSA) is 90.0 Å². The van der Waals surface area contributed by atoms with E-state index in [0.717, 1.165) is 43.9 Å². The monoisotopic (exact) mass is 459 g/mol. The lowest BCUT2D eigenvalue weighted by atomic mass is 10.1. The number of ether oxygens (including phenoxy) is 2. The number of nitrogens with one attached hydrogen (secondary N) is 1. The molecule has 1 saturated heterocycles. The molecule has 1 amide bonds. The molecule has 30 heavy (non-hydrogen) atoms. The zero-order chi connectivity index (χ0) is 19.8. The average Bonchev–Trinajstić information content (AvgIpc) is 3.22. The van der Waals surface area contributed by atoms with Crippen molar-refractivity contribution in [1.29, 1.82) is 0 Å². The molecular weight excluding hydrogens is 429 g/mol. The summed E-state index contributed by atoms with van der Waals surface area (Å²) in [5.74, 6) is 1.21. The lowest BCUT2D eigenvalue weighted by Crippen LogP contribution is -2.38. The zero-order valence-corrected chi connectivity index (χ0v) is 18.8. The van der Waals surface area contributed by atoms with Crippen molar-refractivity contribution in [3.63, 3.8) is 0 Å². The van der Waals surface area contributed by atoms with Gasteiger partial charge in [-0.05, 0) is 43.7 Å². The van der Waals surface area contributed by atoms with Gasteiger partial charge in [-0.3, -0.25) is 9.69 Å². The second-order valence-electron chi connectivity index (χ2n) is 7.01. The molecule has 1 aliphatic heterocycles. The third-order valence-electron chi connectivity index (χ3n) is 5.00. The molecule has 0 bridgehead atoms. The molecule has 2 aromatic rings. The van der Waals surface area contributed by atoms with Crippen molar-refractivity contribution >= 4 is 30.7 Å². The summed E-state index contributed by atoms with van der Waals surface area (Å²) < 4.78 is 16.5.